The van der Waals surface area contributed by atoms with Crippen molar-refractivity contribution in [1.82, 2.24) is 5.32 Å². The van der Waals surface area contributed by atoms with Crippen molar-refractivity contribution in [3.8, 4) is 0 Å². The topological polar surface area (TPSA) is 21.3 Å². The van der Waals surface area contributed by atoms with Gasteiger partial charge in [-0.15, -0.1) is 0 Å². The fourth-order valence-corrected chi connectivity index (χ4v) is 4.61. The van der Waals surface area contributed by atoms with Crippen molar-refractivity contribution in [3.63, 3.8) is 0 Å². The Hall–Kier alpha value is -0.0800. The largest absolute Gasteiger partial charge is 0.377 e. The third-order valence-corrected chi connectivity index (χ3v) is 5.51. The zero-order valence-corrected chi connectivity index (χ0v) is 11.9. The molecule has 104 valence electrons. The molecule has 18 heavy (non-hydrogen) atoms. The fourth-order valence-electron chi connectivity index (χ4n) is 4.61. The third-order valence-electron chi connectivity index (χ3n) is 5.51. The van der Waals surface area contributed by atoms with Crippen LogP contribution in [-0.4, -0.2) is 25.3 Å². The van der Waals surface area contributed by atoms with Crippen LogP contribution in [0.1, 0.15) is 58.3 Å². The van der Waals surface area contributed by atoms with Crippen molar-refractivity contribution in [2.45, 2.75) is 70.4 Å². The Morgan fingerprint density at radius 3 is 2.78 bits per heavy atom. The molecule has 0 aromatic carbocycles. The van der Waals surface area contributed by atoms with Crippen LogP contribution in [0, 0.1) is 17.8 Å². The zero-order chi connectivity index (χ0) is 12.4. The quantitative estimate of drug-likeness (QED) is 0.781. The molecule has 2 bridgehead atoms. The van der Waals surface area contributed by atoms with Gasteiger partial charge in [-0.05, 0) is 69.2 Å². The summed E-state index contributed by atoms with van der Waals surface area (Å²) in [6.07, 6.45) is 11.8. The number of fused-ring (bicyclic) bond motifs is 2. The first-order chi connectivity index (χ1) is 8.86. The van der Waals surface area contributed by atoms with E-state index in [2.05, 4.69) is 12.2 Å². The molecular formula is C16H29NO. The first kappa shape index (κ1) is 12.9. The van der Waals surface area contributed by atoms with E-state index >= 15 is 0 Å². The van der Waals surface area contributed by atoms with Crippen molar-refractivity contribution in [2.24, 2.45) is 17.8 Å². The molecule has 2 nitrogen and oxygen atoms in total. The summed E-state index contributed by atoms with van der Waals surface area (Å²) in [7, 11) is 0. The van der Waals surface area contributed by atoms with Gasteiger partial charge in [-0.2, -0.15) is 0 Å². The predicted molar refractivity (Wildman–Crippen MR) is 74.6 cm³/mol. The van der Waals surface area contributed by atoms with E-state index in [1.165, 1.54) is 51.4 Å². The van der Waals surface area contributed by atoms with Crippen molar-refractivity contribution in [3.05, 3.63) is 0 Å². The lowest BCUT2D eigenvalue weighted by Crippen LogP contribution is -2.42. The average Bonchev–Trinajstić information content (AvgIpc) is 3.09. The average molecular weight is 251 g/mol. The van der Waals surface area contributed by atoms with E-state index in [1.807, 2.05) is 0 Å². The minimum absolute atomic E-state index is 0.510. The second-order valence-electron chi connectivity index (χ2n) is 6.78. The Bertz CT molecular complexity index is 262. The highest BCUT2D eigenvalue weighted by molar-refractivity contribution is 4.93. The van der Waals surface area contributed by atoms with Gasteiger partial charge in [0.05, 0.1) is 6.10 Å². The number of rotatable bonds is 6. The van der Waals surface area contributed by atoms with Gasteiger partial charge in [-0.1, -0.05) is 13.3 Å². The van der Waals surface area contributed by atoms with E-state index in [0.717, 1.165) is 30.9 Å². The predicted octanol–water partition coefficient (Wildman–Crippen LogP) is 3.36. The standard InChI is InChI=1S/C16H29NO/c1-2-7-17-15(16-4-3-8-18-16)11-14-10-12-5-6-13(14)9-12/h12-17H,2-11H2,1H3. The number of hydrogen-bond donors (Lipinski definition) is 1. The maximum atomic E-state index is 5.94. The zero-order valence-electron chi connectivity index (χ0n) is 11.9. The fraction of sp³-hybridized carbons (Fsp3) is 1.00. The molecule has 3 rings (SSSR count). The van der Waals surface area contributed by atoms with E-state index in [9.17, 15) is 0 Å². The summed E-state index contributed by atoms with van der Waals surface area (Å²) in [5, 5.41) is 3.77. The maximum absolute atomic E-state index is 5.94. The molecule has 1 saturated heterocycles. The van der Waals surface area contributed by atoms with E-state index in [0.29, 0.717) is 12.1 Å². The van der Waals surface area contributed by atoms with Crippen LogP contribution in [0.5, 0.6) is 0 Å². The van der Waals surface area contributed by atoms with Crippen molar-refractivity contribution in [2.75, 3.05) is 13.2 Å². The highest BCUT2D eigenvalue weighted by atomic mass is 16.5. The van der Waals surface area contributed by atoms with Crippen molar-refractivity contribution >= 4 is 0 Å². The first-order valence-electron chi connectivity index (χ1n) is 8.21. The summed E-state index contributed by atoms with van der Waals surface area (Å²) in [4.78, 5) is 0. The molecule has 5 unspecified atom stereocenters. The van der Waals surface area contributed by atoms with Gasteiger partial charge >= 0.3 is 0 Å². The van der Waals surface area contributed by atoms with Gasteiger partial charge in [0, 0.05) is 12.6 Å². The summed E-state index contributed by atoms with van der Waals surface area (Å²) in [6.45, 7) is 4.41. The van der Waals surface area contributed by atoms with E-state index in [4.69, 9.17) is 4.74 Å². The number of hydrogen-bond acceptors (Lipinski definition) is 2. The van der Waals surface area contributed by atoms with Crippen LogP contribution in [-0.2, 0) is 4.74 Å². The molecule has 0 amide bonds. The molecule has 2 saturated carbocycles. The lowest BCUT2D eigenvalue weighted by Gasteiger charge is -2.30. The lowest BCUT2D eigenvalue weighted by molar-refractivity contribution is 0.0657. The van der Waals surface area contributed by atoms with E-state index < -0.39 is 0 Å². The van der Waals surface area contributed by atoms with Crippen molar-refractivity contribution < 1.29 is 4.74 Å². The van der Waals surface area contributed by atoms with E-state index in [1.54, 1.807) is 0 Å². The Labute approximate surface area is 112 Å². The van der Waals surface area contributed by atoms with Gasteiger partial charge in [0.25, 0.3) is 0 Å². The molecule has 5 atom stereocenters. The van der Waals surface area contributed by atoms with Gasteiger partial charge in [-0.25, -0.2) is 0 Å². The van der Waals surface area contributed by atoms with Crippen LogP contribution >= 0.6 is 0 Å². The van der Waals surface area contributed by atoms with Crippen LogP contribution < -0.4 is 5.32 Å². The molecule has 1 N–H and O–H groups in total. The Morgan fingerprint density at radius 2 is 2.17 bits per heavy atom. The minimum Gasteiger partial charge on any atom is -0.377 e. The second kappa shape index (κ2) is 5.92. The van der Waals surface area contributed by atoms with Gasteiger partial charge in [0.15, 0.2) is 0 Å². The summed E-state index contributed by atoms with van der Waals surface area (Å²) in [5.41, 5.74) is 0. The van der Waals surface area contributed by atoms with Crippen LogP contribution in [0.25, 0.3) is 0 Å². The minimum atomic E-state index is 0.510. The molecule has 3 fully saturated rings. The normalized spacial score (nSPS) is 40.5. The number of nitrogens with one attached hydrogen (secondary N) is 1. The summed E-state index contributed by atoms with van der Waals surface area (Å²) < 4.78 is 5.94. The Morgan fingerprint density at radius 1 is 1.22 bits per heavy atom. The summed E-state index contributed by atoms with van der Waals surface area (Å²) in [5.74, 6) is 3.14. The highest BCUT2D eigenvalue weighted by Crippen LogP contribution is 2.50. The van der Waals surface area contributed by atoms with Crippen LogP contribution in [0.4, 0.5) is 0 Å². The van der Waals surface area contributed by atoms with Crippen LogP contribution in [0.3, 0.4) is 0 Å². The number of ether oxygens (including phenoxy) is 1. The monoisotopic (exact) mass is 251 g/mol. The summed E-state index contributed by atoms with van der Waals surface area (Å²) in [6, 6.07) is 0.636. The molecule has 2 heteroatoms. The first-order valence-corrected chi connectivity index (χ1v) is 8.21. The molecule has 1 aliphatic heterocycles. The maximum Gasteiger partial charge on any atom is 0.0728 e. The lowest BCUT2D eigenvalue weighted by atomic mass is 9.83. The van der Waals surface area contributed by atoms with E-state index in [-0.39, 0.29) is 0 Å². The molecule has 0 spiro atoms. The Kier molecular flexibility index (Phi) is 4.25. The molecule has 0 aromatic rings. The molecule has 0 aromatic heterocycles. The van der Waals surface area contributed by atoms with Crippen LogP contribution in [0.15, 0.2) is 0 Å². The third kappa shape index (κ3) is 2.75. The molecular weight excluding hydrogens is 222 g/mol. The van der Waals surface area contributed by atoms with Gasteiger partial charge in [0.1, 0.15) is 0 Å². The van der Waals surface area contributed by atoms with Crippen LogP contribution in [0.2, 0.25) is 0 Å². The Balaban J connectivity index is 1.54. The second-order valence-corrected chi connectivity index (χ2v) is 6.78. The van der Waals surface area contributed by atoms with Gasteiger partial charge in [0.2, 0.25) is 0 Å². The van der Waals surface area contributed by atoms with Gasteiger partial charge < -0.3 is 10.1 Å². The SMILES string of the molecule is CCCNC(CC1CC2CCC1C2)C1CCCO1. The van der Waals surface area contributed by atoms with Gasteiger partial charge in [-0.3, -0.25) is 0 Å². The molecule has 3 aliphatic rings. The van der Waals surface area contributed by atoms with Crippen molar-refractivity contribution in [1.29, 1.82) is 0 Å². The summed E-state index contributed by atoms with van der Waals surface area (Å²) >= 11 is 0. The molecule has 2 aliphatic carbocycles. The highest BCUT2D eigenvalue weighted by Gasteiger charge is 2.41. The molecule has 1 heterocycles. The molecule has 0 radical (unpaired) electrons. The smallest absolute Gasteiger partial charge is 0.0728 e.